The molecule has 0 saturated heterocycles. The summed E-state index contributed by atoms with van der Waals surface area (Å²) in [4.78, 5) is 0. The van der Waals surface area contributed by atoms with E-state index in [4.69, 9.17) is 0 Å². The topological polar surface area (TPSA) is 0 Å². The SMILES string of the molecule is C=C[C](C)CCC=C(C)CCC=C(C)C. The third kappa shape index (κ3) is 9.52. The van der Waals surface area contributed by atoms with Crippen LogP contribution < -0.4 is 0 Å². The van der Waals surface area contributed by atoms with Crippen molar-refractivity contribution in [2.75, 3.05) is 0 Å². The quantitative estimate of drug-likeness (QED) is 0.499. The zero-order chi connectivity index (χ0) is 11.7. The molecule has 0 amide bonds. The molecule has 0 aliphatic carbocycles. The minimum atomic E-state index is 1.14. The van der Waals surface area contributed by atoms with E-state index < -0.39 is 0 Å². The molecule has 0 bridgehead atoms. The minimum absolute atomic E-state index is 1.14. The summed E-state index contributed by atoms with van der Waals surface area (Å²) in [7, 11) is 0. The standard InChI is InChI=1S/C15H25/c1-6-14(4)10-8-12-15(5)11-7-9-13(2)3/h6,9,12H,1,7-8,10-11H2,2-5H3. The Morgan fingerprint density at radius 3 is 2.07 bits per heavy atom. The largest absolute Gasteiger partial charge is 0.103 e. The Hall–Kier alpha value is -0.780. The number of rotatable bonds is 7. The van der Waals surface area contributed by atoms with E-state index in [1.54, 1.807) is 0 Å². The summed E-state index contributed by atoms with van der Waals surface area (Å²) in [6, 6.07) is 0. The van der Waals surface area contributed by atoms with Crippen molar-refractivity contribution in [2.24, 2.45) is 0 Å². The molecule has 0 aromatic carbocycles. The van der Waals surface area contributed by atoms with Gasteiger partial charge in [0.25, 0.3) is 0 Å². The molecule has 0 atom stereocenters. The third-order valence-electron chi connectivity index (χ3n) is 2.47. The highest BCUT2D eigenvalue weighted by Gasteiger charge is 1.95. The smallest absolute Gasteiger partial charge is 0.00580 e. The van der Waals surface area contributed by atoms with Crippen molar-refractivity contribution in [3.63, 3.8) is 0 Å². The van der Waals surface area contributed by atoms with Crippen LogP contribution in [0.25, 0.3) is 0 Å². The first-order valence-corrected chi connectivity index (χ1v) is 5.80. The minimum Gasteiger partial charge on any atom is -0.103 e. The van der Waals surface area contributed by atoms with Gasteiger partial charge in [-0.15, -0.1) is 6.58 Å². The van der Waals surface area contributed by atoms with E-state index in [2.05, 4.69) is 46.4 Å². The molecule has 0 aliphatic heterocycles. The van der Waals surface area contributed by atoms with Crippen LogP contribution in [-0.4, -0.2) is 0 Å². The lowest BCUT2D eigenvalue weighted by Crippen LogP contribution is -1.85. The van der Waals surface area contributed by atoms with Gasteiger partial charge in [-0.1, -0.05) is 36.3 Å². The van der Waals surface area contributed by atoms with E-state index in [1.807, 2.05) is 6.08 Å². The van der Waals surface area contributed by atoms with E-state index in [9.17, 15) is 0 Å². The molecule has 0 spiro atoms. The molecule has 0 heteroatoms. The first kappa shape index (κ1) is 14.2. The highest BCUT2D eigenvalue weighted by atomic mass is 14.0. The van der Waals surface area contributed by atoms with Gasteiger partial charge in [0.1, 0.15) is 0 Å². The van der Waals surface area contributed by atoms with Crippen molar-refractivity contribution in [3.8, 4) is 0 Å². The van der Waals surface area contributed by atoms with Crippen molar-refractivity contribution < 1.29 is 0 Å². The van der Waals surface area contributed by atoms with Crippen LogP contribution in [0, 0.1) is 5.92 Å². The molecule has 0 rings (SSSR count). The van der Waals surface area contributed by atoms with Crippen LogP contribution in [-0.2, 0) is 0 Å². The fourth-order valence-electron chi connectivity index (χ4n) is 1.34. The van der Waals surface area contributed by atoms with Gasteiger partial charge < -0.3 is 0 Å². The Labute approximate surface area is 95.8 Å². The van der Waals surface area contributed by atoms with Crippen LogP contribution >= 0.6 is 0 Å². The summed E-state index contributed by atoms with van der Waals surface area (Å²) in [5, 5.41) is 0. The number of allylic oxidation sites excluding steroid dienone is 5. The molecule has 0 saturated carbocycles. The summed E-state index contributed by atoms with van der Waals surface area (Å²) in [6.07, 6.45) is 11.3. The van der Waals surface area contributed by atoms with Crippen LogP contribution in [0.4, 0.5) is 0 Å². The second kappa shape index (κ2) is 8.52. The zero-order valence-corrected chi connectivity index (χ0v) is 10.8. The third-order valence-corrected chi connectivity index (χ3v) is 2.47. The maximum absolute atomic E-state index is 3.76. The molecule has 0 aromatic heterocycles. The monoisotopic (exact) mass is 205 g/mol. The van der Waals surface area contributed by atoms with Gasteiger partial charge >= 0.3 is 0 Å². The predicted octanol–water partition coefficient (Wildman–Crippen LogP) is 5.24. The van der Waals surface area contributed by atoms with E-state index in [0.717, 1.165) is 12.8 Å². The molecule has 0 heterocycles. The Morgan fingerprint density at radius 2 is 1.53 bits per heavy atom. The summed E-state index contributed by atoms with van der Waals surface area (Å²) in [6.45, 7) is 12.4. The lowest BCUT2D eigenvalue weighted by molar-refractivity contribution is 0.874. The van der Waals surface area contributed by atoms with Gasteiger partial charge in [-0.25, -0.2) is 0 Å². The molecule has 0 aromatic rings. The van der Waals surface area contributed by atoms with Gasteiger partial charge in [-0.2, -0.15) is 0 Å². The van der Waals surface area contributed by atoms with Crippen molar-refractivity contribution in [1.82, 2.24) is 0 Å². The molecule has 0 unspecified atom stereocenters. The second-order valence-electron chi connectivity index (χ2n) is 4.46. The molecule has 1 radical (unpaired) electrons. The average Bonchev–Trinajstić information content (AvgIpc) is 2.17. The van der Waals surface area contributed by atoms with Gasteiger partial charge in [-0.05, 0) is 52.4 Å². The maximum Gasteiger partial charge on any atom is -0.00580 e. The Morgan fingerprint density at radius 1 is 0.933 bits per heavy atom. The van der Waals surface area contributed by atoms with Crippen molar-refractivity contribution in [1.29, 1.82) is 0 Å². The van der Waals surface area contributed by atoms with Crippen molar-refractivity contribution in [3.05, 3.63) is 41.9 Å². The fraction of sp³-hybridized carbons (Fsp3) is 0.533. The molecular formula is C15H25. The van der Waals surface area contributed by atoms with E-state index in [-0.39, 0.29) is 0 Å². The van der Waals surface area contributed by atoms with E-state index in [0.29, 0.717) is 0 Å². The highest BCUT2D eigenvalue weighted by molar-refractivity contribution is 5.06. The first-order valence-electron chi connectivity index (χ1n) is 5.80. The molecule has 0 fully saturated rings. The molecule has 0 nitrogen and oxygen atoms in total. The Kier molecular flexibility index (Phi) is 8.08. The van der Waals surface area contributed by atoms with Gasteiger partial charge in [0.15, 0.2) is 0 Å². The van der Waals surface area contributed by atoms with Crippen molar-refractivity contribution >= 4 is 0 Å². The Bertz CT molecular complexity index is 226. The van der Waals surface area contributed by atoms with Gasteiger partial charge in [0.2, 0.25) is 0 Å². The molecule has 15 heavy (non-hydrogen) atoms. The van der Waals surface area contributed by atoms with Crippen LogP contribution in [0.2, 0.25) is 0 Å². The molecule has 85 valence electrons. The normalized spacial score (nSPS) is 11.7. The predicted molar refractivity (Wildman–Crippen MR) is 70.8 cm³/mol. The highest BCUT2D eigenvalue weighted by Crippen LogP contribution is 2.13. The molecule has 0 aliphatic rings. The van der Waals surface area contributed by atoms with Crippen LogP contribution in [0.15, 0.2) is 36.0 Å². The number of hydrogen-bond donors (Lipinski definition) is 0. The summed E-state index contributed by atoms with van der Waals surface area (Å²) >= 11 is 0. The second-order valence-corrected chi connectivity index (χ2v) is 4.46. The molecule has 0 N–H and O–H groups in total. The van der Waals surface area contributed by atoms with E-state index in [1.165, 1.54) is 29.9 Å². The maximum atomic E-state index is 3.76. The zero-order valence-electron chi connectivity index (χ0n) is 10.8. The van der Waals surface area contributed by atoms with Gasteiger partial charge in [0, 0.05) is 0 Å². The lowest BCUT2D eigenvalue weighted by atomic mass is 10.0. The first-order chi connectivity index (χ1) is 7.06. The van der Waals surface area contributed by atoms with Crippen LogP contribution in [0.3, 0.4) is 0 Å². The van der Waals surface area contributed by atoms with E-state index >= 15 is 0 Å². The average molecular weight is 205 g/mol. The lowest BCUT2D eigenvalue weighted by Gasteiger charge is -2.03. The fourth-order valence-corrected chi connectivity index (χ4v) is 1.34. The van der Waals surface area contributed by atoms with Gasteiger partial charge in [0.05, 0.1) is 0 Å². The summed E-state index contributed by atoms with van der Waals surface area (Å²) < 4.78 is 0. The Balaban J connectivity index is 3.70. The molecular weight excluding hydrogens is 180 g/mol. The van der Waals surface area contributed by atoms with Gasteiger partial charge in [-0.3, -0.25) is 0 Å². The summed E-state index contributed by atoms with van der Waals surface area (Å²) in [5.74, 6) is 1.38. The van der Waals surface area contributed by atoms with Crippen LogP contribution in [0.1, 0.15) is 53.4 Å². The summed E-state index contributed by atoms with van der Waals surface area (Å²) in [5.41, 5.74) is 2.92. The van der Waals surface area contributed by atoms with Crippen molar-refractivity contribution in [2.45, 2.75) is 53.4 Å². The van der Waals surface area contributed by atoms with Crippen LogP contribution in [0.5, 0.6) is 0 Å². The number of hydrogen-bond acceptors (Lipinski definition) is 0.